The lowest BCUT2D eigenvalue weighted by Crippen LogP contribution is -2.41. The van der Waals surface area contributed by atoms with Gasteiger partial charge in [-0.15, -0.1) is 0 Å². The fraction of sp³-hybridized carbons (Fsp3) is 0.0952. The van der Waals surface area contributed by atoms with E-state index in [1.165, 1.54) is 13.0 Å². The number of nitrogens with one attached hydrogen (secondary N) is 2. The molecule has 6 nitrogen and oxygen atoms in total. The highest BCUT2D eigenvalue weighted by molar-refractivity contribution is 7.89. The Morgan fingerprint density at radius 2 is 1.70 bits per heavy atom. The van der Waals surface area contributed by atoms with E-state index in [2.05, 4.69) is 10.0 Å². The van der Waals surface area contributed by atoms with Gasteiger partial charge < -0.3 is 10.1 Å². The second-order valence-corrected chi connectivity index (χ2v) is 8.49. The molecule has 3 aromatic carbocycles. The molecule has 0 bridgehead atoms. The number of carbonyl (C=O) groups excluding carboxylic acids is 1. The summed E-state index contributed by atoms with van der Waals surface area (Å²) in [6, 6.07) is 16.8. The number of benzene rings is 3. The molecule has 0 fully saturated rings. The molecule has 3 rings (SSSR count). The molecule has 0 aliphatic heterocycles. The molecule has 1 amide bonds. The Morgan fingerprint density at radius 3 is 2.37 bits per heavy atom. The number of rotatable bonds is 7. The zero-order chi connectivity index (χ0) is 21.7. The molecular weight excluding hydrogens is 431 g/mol. The molecule has 0 aliphatic rings. The van der Waals surface area contributed by atoms with E-state index in [0.29, 0.717) is 16.5 Å². The fourth-order valence-corrected chi connectivity index (χ4v) is 3.89. The van der Waals surface area contributed by atoms with Crippen LogP contribution in [0.1, 0.15) is 6.92 Å². The number of carbonyl (C=O) groups is 1. The third kappa shape index (κ3) is 5.56. The lowest BCUT2D eigenvalue weighted by molar-refractivity contribution is -0.117. The van der Waals surface area contributed by atoms with Gasteiger partial charge in [-0.3, -0.25) is 4.79 Å². The average molecular weight is 449 g/mol. The molecule has 0 aliphatic carbocycles. The summed E-state index contributed by atoms with van der Waals surface area (Å²) in [7, 11) is -4.02. The molecular formula is C21H18ClFN2O4S. The number of ether oxygens (including phenoxy) is 1. The van der Waals surface area contributed by atoms with Crippen molar-refractivity contribution in [3.8, 4) is 11.5 Å². The molecule has 0 aromatic heterocycles. The van der Waals surface area contributed by atoms with Crippen LogP contribution in [0.4, 0.5) is 10.1 Å². The standard InChI is InChI=1S/C21H18ClFN2O4S/c1-14(25-30(27,28)18-10-8-16(23)9-11-18)21(26)24-19-13-15(22)7-12-20(19)29-17-5-3-2-4-6-17/h2-14,25H,1H3,(H,24,26)/t14-/m0/s1. The van der Waals surface area contributed by atoms with Crippen molar-refractivity contribution in [2.45, 2.75) is 17.9 Å². The van der Waals surface area contributed by atoms with Gasteiger partial charge >= 0.3 is 0 Å². The molecule has 0 saturated heterocycles. The molecule has 156 valence electrons. The first kappa shape index (κ1) is 21.8. The number of anilines is 1. The van der Waals surface area contributed by atoms with E-state index >= 15 is 0 Å². The highest BCUT2D eigenvalue weighted by atomic mass is 35.5. The predicted octanol–water partition coefficient (Wildman–Crippen LogP) is 4.58. The van der Waals surface area contributed by atoms with Gasteiger partial charge in [-0.25, -0.2) is 12.8 Å². The maximum atomic E-state index is 13.0. The smallest absolute Gasteiger partial charge is 0.242 e. The summed E-state index contributed by atoms with van der Waals surface area (Å²) in [5, 5.41) is 2.99. The molecule has 2 N–H and O–H groups in total. The molecule has 3 aromatic rings. The number of halogens is 2. The van der Waals surface area contributed by atoms with E-state index in [0.717, 1.165) is 24.3 Å². The third-order valence-electron chi connectivity index (χ3n) is 4.02. The van der Waals surface area contributed by atoms with E-state index in [4.69, 9.17) is 16.3 Å². The Labute approximate surface area is 178 Å². The van der Waals surface area contributed by atoms with Gasteiger partial charge in [0, 0.05) is 5.02 Å². The number of amides is 1. The Bertz CT molecular complexity index is 1140. The first-order valence-electron chi connectivity index (χ1n) is 8.86. The highest BCUT2D eigenvalue weighted by Gasteiger charge is 2.23. The molecule has 1 atom stereocenters. The van der Waals surface area contributed by atoms with Crippen LogP contribution in [0.15, 0.2) is 77.7 Å². The monoisotopic (exact) mass is 448 g/mol. The van der Waals surface area contributed by atoms with Crippen molar-refractivity contribution >= 4 is 33.2 Å². The van der Waals surface area contributed by atoms with E-state index in [9.17, 15) is 17.6 Å². The van der Waals surface area contributed by atoms with Crippen LogP contribution >= 0.6 is 11.6 Å². The van der Waals surface area contributed by atoms with Crippen molar-refractivity contribution in [1.29, 1.82) is 0 Å². The Kier molecular flexibility index (Phi) is 6.71. The summed E-state index contributed by atoms with van der Waals surface area (Å²) < 4.78 is 45.9. The number of hydrogen-bond acceptors (Lipinski definition) is 4. The summed E-state index contributed by atoms with van der Waals surface area (Å²) in [4.78, 5) is 12.4. The van der Waals surface area contributed by atoms with Gasteiger partial charge in [0.05, 0.1) is 16.6 Å². The molecule has 0 saturated carbocycles. The molecule has 0 radical (unpaired) electrons. The quantitative estimate of drug-likeness (QED) is 0.554. The van der Waals surface area contributed by atoms with Crippen LogP contribution in [-0.2, 0) is 14.8 Å². The SMILES string of the molecule is C[C@H](NS(=O)(=O)c1ccc(F)cc1)C(=O)Nc1cc(Cl)ccc1Oc1ccccc1. The first-order chi connectivity index (χ1) is 14.2. The Morgan fingerprint density at radius 1 is 1.03 bits per heavy atom. The van der Waals surface area contributed by atoms with Gasteiger partial charge in [0.2, 0.25) is 15.9 Å². The zero-order valence-corrected chi connectivity index (χ0v) is 17.4. The zero-order valence-electron chi connectivity index (χ0n) is 15.8. The lowest BCUT2D eigenvalue weighted by atomic mass is 10.2. The van der Waals surface area contributed by atoms with Gasteiger partial charge in [0.25, 0.3) is 0 Å². The minimum atomic E-state index is -4.02. The van der Waals surface area contributed by atoms with Crippen molar-refractivity contribution < 1.29 is 22.3 Å². The van der Waals surface area contributed by atoms with Gasteiger partial charge in [0.1, 0.15) is 11.6 Å². The largest absolute Gasteiger partial charge is 0.455 e. The molecule has 9 heteroatoms. The van der Waals surface area contributed by atoms with Gasteiger partial charge in [0.15, 0.2) is 5.75 Å². The van der Waals surface area contributed by atoms with Gasteiger partial charge in [-0.2, -0.15) is 4.72 Å². The van der Waals surface area contributed by atoms with Crippen LogP contribution in [0, 0.1) is 5.82 Å². The fourth-order valence-electron chi connectivity index (χ4n) is 2.51. The summed E-state index contributed by atoms with van der Waals surface area (Å²) in [6.07, 6.45) is 0. The van der Waals surface area contributed by atoms with E-state index in [1.54, 1.807) is 36.4 Å². The van der Waals surface area contributed by atoms with Gasteiger partial charge in [-0.05, 0) is 61.5 Å². The Hall–Kier alpha value is -2.94. The minimum Gasteiger partial charge on any atom is -0.455 e. The molecule has 0 heterocycles. The topological polar surface area (TPSA) is 84.5 Å². The first-order valence-corrected chi connectivity index (χ1v) is 10.7. The average Bonchev–Trinajstić information content (AvgIpc) is 2.71. The summed E-state index contributed by atoms with van der Waals surface area (Å²) in [6.45, 7) is 1.39. The maximum Gasteiger partial charge on any atom is 0.242 e. The number of sulfonamides is 1. The number of para-hydroxylation sites is 1. The van der Waals surface area contributed by atoms with Crippen LogP contribution < -0.4 is 14.8 Å². The van der Waals surface area contributed by atoms with Crippen molar-refractivity contribution in [2.24, 2.45) is 0 Å². The normalized spacial score (nSPS) is 12.2. The second-order valence-electron chi connectivity index (χ2n) is 6.34. The predicted molar refractivity (Wildman–Crippen MR) is 113 cm³/mol. The summed E-state index contributed by atoms with van der Waals surface area (Å²) in [5.74, 6) is -0.291. The van der Waals surface area contributed by atoms with Crippen LogP contribution in [0.2, 0.25) is 5.02 Å². The van der Waals surface area contributed by atoms with Crippen molar-refractivity contribution in [3.63, 3.8) is 0 Å². The molecule has 0 unspecified atom stereocenters. The lowest BCUT2D eigenvalue weighted by Gasteiger charge is -2.17. The summed E-state index contributed by atoms with van der Waals surface area (Å²) in [5.41, 5.74) is 0.282. The summed E-state index contributed by atoms with van der Waals surface area (Å²) >= 11 is 6.03. The van der Waals surface area contributed by atoms with Crippen LogP contribution in [-0.4, -0.2) is 20.4 Å². The van der Waals surface area contributed by atoms with E-state index in [1.807, 2.05) is 6.07 Å². The minimum absolute atomic E-state index is 0.153. The van der Waals surface area contributed by atoms with Crippen LogP contribution in [0.3, 0.4) is 0 Å². The van der Waals surface area contributed by atoms with Gasteiger partial charge in [-0.1, -0.05) is 29.8 Å². The molecule has 0 spiro atoms. The third-order valence-corrected chi connectivity index (χ3v) is 5.81. The van der Waals surface area contributed by atoms with Crippen LogP contribution in [0.25, 0.3) is 0 Å². The van der Waals surface area contributed by atoms with Crippen molar-refractivity contribution in [1.82, 2.24) is 4.72 Å². The highest BCUT2D eigenvalue weighted by Crippen LogP contribution is 2.32. The van der Waals surface area contributed by atoms with E-state index < -0.39 is 27.8 Å². The second kappa shape index (κ2) is 9.25. The number of hydrogen-bond donors (Lipinski definition) is 2. The maximum absolute atomic E-state index is 13.0. The van der Waals surface area contributed by atoms with Crippen LogP contribution in [0.5, 0.6) is 11.5 Å². The van der Waals surface area contributed by atoms with Crippen molar-refractivity contribution in [3.05, 3.63) is 83.6 Å². The van der Waals surface area contributed by atoms with Crippen molar-refractivity contribution in [2.75, 3.05) is 5.32 Å². The van der Waals surface area contributed by atoms with E-state index in [-0.39, 0.29) is 10.6 Å². The molecule has 30 heavy (non-hydrogen) atoms. The Balaban J connectivity index is 1.75.